The first-order valence-corrected chi connectivity index (χ1v) is 13.3. The van der Waals surface area contributed by atoms with Gasteiger partial charge >= 0.3 is 0 Å². The first-order chi connectivity index (χ1) is 16.6. The highest BCUT2D eigenvalue weighted by molar-refractivity contribution is 7.89. The van der Waals surface area contributed by atoms with Crippen LogP contribution in [-0.4, -0.2) is 67.5 Å². The second-order valence-electron chi connectivity index (χ2n) is 9.58. The normalized spacial score (nSPS) is 22.6. The fraction of sp³-hybridized carbons (Fsp3) is 0.462. The first kappa shape index (κ1) is 25.2. The Morgan fingerprint density at radius 2 is 1.89 bits per heavy atom. The van der Waals surface area contributed by atoms with E-state index in [1.54, 1.807) is 55.3 Å². The van der Waals surface area contributed by atoms with Crippen molar-refractivity contribution in [2.75, 3.05) is 26.7 Å². The van der Waals surface area contributed by atoms with E-state index < -0.39 is 22.2 Å². The molecule has 1 saturated carbocycles. The highest BCUT2D eigenvalue weighted by Crippen LogP contribution is 2.37. The number of nitriles is 1. The van der Waals surface area contributed by atoms with Gasteiger partial charge in [0.05, 0.1) is 24.8 Å². The van der Waals surface area contributed by atoms with Gasteiger partial charge in [-0.2, -0.15) is 9.57 Å². The van der Waals surface area contributed by atoms with Crippen LogP contribution in [0, 0.1) is 23.2 Å². The molecule has 0 unspecified atom stereocenters. The number of amides is 1. The molecule has 9 heteroatoms. The molecule has 2 aromatic carbocycles. The number of nitrogens with zero attached hydrogens (tertiary/aromatic N) is 3. The summed E-state index contributed by atoms with van der Waals surface area (Å²) in [4.78, 5) is 14.3. The summed E-state index contributed by atoms with van der Waals surface area (Å²) < 4.78 is 34.9. The summed E-state index contributed by atoms with van der Waals surface area (Å²) in [6.45, 7) is 3.77. The minimum Gasteiger partial charge on any atom is -0.487 e. The zero-order valence-corrected chi connectivity index (χ0v) is 21.0. The van der Waals surface area contributed by atoms with Crippen LogP contribution in [0.5, 0.6) is 5.75 Å². The van der Waals surface area contributed by atoms with Gasteiger partial charge in [0.15, 0.2) is 0 Å². The number of carbonyl (C=O) groups excluding carboxylic acids is 1. The molecule has 35 heavy (non-hydrogen) atoms. The second-order valence-corrected chi connectivity index (χ2v) is 11.4. The van der Waals surface area contributed by atoms with E-state index in [0.29, 0.717) is 12.1 Å². The van der Waals surface area contributed by atoms with Gasteiger partial charge in [-0.1, -0.05) is 25.1 Å². The predicted octanol–water partition coefficient (Wildman–Crippen LogP) is 2.86. The van der Waals surface area contributed by atoms with Crippen molar-refractivity contribution in [2.45, 2.75) is 43.7 Å². The van der Waals surface area contributed by atoms with Crippen molar-refractivity contribution >= 4 is 15.9 Å². The van der Waals surface area contributed by atoms with Crippen LogP contribution in [0.4, 0.5) is 0 Å². The Labute approximate surface area is 206 Å². The van der Waals surface area contributed by atoms with Gasteiger partial charge < -0.3 is 14.7 Å². The number of fused-ring (bicyclic) bond motifs is 1. The molecule has 8 nitrogen and oxygen atoms in total. The van der Waals surface area contributed by atoms with Crippen LogP contribution in [0.3, 0.4) is 0 Å². The zero-order valence-electron chi connectivity index (χ0n) is 20.2. The van der Waals surface area contributed by atoms with Gasteiger partial charge in [0.1, 0.15) is 16.7 Å². The predicted molar refractivity (Wildman–Crippen MR) is 131 cm³/mol. The van der Waals surface area contributed by atoms with Gasteiger partial charge in [0.2, 0.25) is 15.9 Å². The van der Waals surface area contributed by atoms with Crippen LogP contribution in [0.25, 0.3) is 11.1 Å². The molecule has 0 spiro atoms. The third-order valence-corrected chi connectivity index (χ3v) is 8.79. The van der Waals surface area contributed by atoms with Crippen molar-refractivity contribution in [2.24, 2.45) is 11.8 Å². The van der Waals surface area contributed by atoms with Crippen LogP contribution >= 0.6 is 0 Å². The van der Waals surface area contributed by atoms with E-state index in [1.165, 1.54) is 10.4 Å². The fourth-order valence-electron chi connectivity index (χ4n) is 4.36. The van der Waals surface area contributed by atoms with E-state index in [4.69, 9.17) is 10.00 Å². The van der Waals surface area contributed by atoms with Crippen LogP contribution in [0.2, 0.25) is 0 Å². The second kappa shape index (κ2) is 9.97. The molecule has 4 rings (SSSR count). The maximum Gasteiger partial charge on any atom is 0.247 e. The van der Waals surface area contributed by atoms with Crippen molar-refractivity contribution in [3.8, 4) is 22.9 Å². The maximum atomic E-state index is 13.6. The Hall–Kier alpha value is -2.93. The van der Waals surface area contributed by atoms with Crippen LogP contribution in [-0.2, 0) is 14.8 Å². The maximum absolute atomic E-state index is 13.6. The lowest BCUT2D eigenvalue weighted by atomic mass is 10.0. The lowest BCUT2D eigenvalue weighted by Gasteiger charge is -2.37. The standard InChI is InChI=1S/C26H31N3O5S/c1-17-14-29(18(2)16-30)35(32,33)25-11-10-22(20-6-4-19(13-27)5-7-20)12-23(25)34-24(17)15-28(3)26(31)21-8-9-21/h4-7,10-12,17-18,21,24,30H,8-9,14-16H2,1-3H3/t17-,18+,24+/m0/s1. The lowest BCUT2D eigenvalue weighted by Crippen LogP contribution is -2.50. The monoisotopic (exact) mass is 497 g/mol. The average Bonchev–Trinajstić information content (AvgIpc) is 3.70. The van der Waals surface area contributed by atoms with Gasteiger partial charge in [-0.3, -0.25) is 4.79 Å². The van der Waals surface area contributed by atoms with E-state index in [0.717, 1.165) is 24.0 Å². The number of carbonyl (C=O) groups is 1. The molecule has 1 aliphatic carbocycles. The summed E-state index contributed by atoms with van der Waals surface area (Å²) in [5, 5.41) is 18.9. The molecule has 1 amide bonds. The smallest absolute Gasteiger partial charge is 0.247 e. The summed E-state index contributed by atoms with van der Waals surface area (Å²) in [7, 11) is -2.19. The van der Waals surface area contributed by atoms with E-state index in [2.05, 4.69) is 6.07 Å². The molecule has 186 valence electrons. The van der Waals surface area contributed by atoms with Crippen molar-refractivity contribution in [1.82, 2.24) is 9.21 Å². The minimum atomic E-state index is -3.94. The Bertz CT molecular complexity index is 1230. The number of sulfonamides is 1. The summed E-state index contributed by atoms with van der Waals surface area (Å²) >= 11 is 0. The number of aliphatic hydroxyl groups is 1. The third-order valence-electron chi connectivity index (χ3n) is 6.77. The van der Waals surface area contributed by atoms with E-state index in [1.807, 2.05) is 6.92 Å². The number of likely N-dealkylation sites (N-methyl/N-ethyl adjacent to an activating group) is 1. The van der Waals surface area contributed by atoms with E-state index in [9.17, 15) is 18.3 Å². The molecule has 0 saturated heterocycles. The molecule has 0 aromatic heterocycles. The SMILES string of the molecule is C[C@H](CO)N1C[C@H](C)[C@@H](CN(C)C(=O)C2CC2)Oc2cc(-c3ccc(C#N)cc3)ccc2S1(=O)=O. The number of ether oxygens (including phenoxy) is 1. The molecular weight excluding hydrogens is 466 g/mol. The Balaban J connectivity index is 1.76. The molecule has 3 atom stereocenters. The van der Waals surface area contributed by atoms with E-state index >= 15 is 0 Å². The molecule has 2 aromatic rings. The van der Waals surface area contributed by atoms with Gasteiger partial charge in [-0.25, -0.2) is 8.42 Å². The molecule has 2 aliphatic rings. The van der Waals surface area contributed by atoms with Crippen molar-refractivity contribution in [3.05, 3.63) is 48.0 Å². The molecule has 0 bridgehead atoms. The number of hydrogen-bond donors (Lipinski definition) is 1. The largest absolute Gasteiger partial charge is 0.487 e. The van der Waals surface area contributed by atoms with Crippen LogP contribution < -0.4 is 4.74 Å². The highest BCUT2D eigenvalue weighted by atomic mass is 32.2. The first-order valence-electron chi connectivity index (χ1n) is 11.8. The van der Waals surface area contributed by atoms with Crippen molar-refractivity contribution < 1.29 is 23.1 Å². The number of hydrogen-bond acceptors (Lipinski definition) is 6. The Morgan fingerprint density at radius 3 is 2.49 bits per heavy atom. The Morgan fingerprint density at radius 1 is 1.23 bits per heavy atom. The molecule has 1 aliphatic heterocycles. The summed E-state index contributed by atoms with van der Waals surface area (Å²) in [6, 6.07) is 13.4. The van der Waals surface area contributed by atoms with E-state index in [-0.39, 0.29) is 41.5 Å². The fourth-order valence-corrected chi connectivity index (χ4v) is 6.19. The van der Waals surface area contributed by atoms with Crippen LogP contribution in [0.1, 0.15) is 32.3 Å². The highest BCUT2D eigenvalue weighted by Gasteiger charge is 2.39. The third kappa shape index (κ3) is 5.20. The minimum absolute atomic E-state index is 0.0308. The van der Waals surface area contributed by atoms with Gasteiger partial charge in [-0.05, 0) is 55.2 Å². The van der Waals surface area contributed by atoms with Crippen molar-refractivity contribution in [3.63, 3.8) is 0 Å². The van der Waals surface area contributed by atoms with Crippen molar-refractivity contribution in [1.29, 1.82) is 5.26 Å². The van der Waals surface area contributed by atoms with Gasteiger partial charge in [0.25, 0.3) is 0 Å². The van der Waals surface area contributed by atoms with Gasteiger partial charge in [-0.15, -0.1) is 0 Å². The van der Waals surface area contributed by atoms with Crippen LogP contribution in [0.15, 0.2) is 47.4 Å². The number of benzene rings is 2. The molecule has 0 radical (unpaired) electrons. The molecule has 1 N–H and O–H groups in total. The average molecular weight is 498 g/mol. The molecular formula is C26H31N3O5S. The zero-order chi connectivity index (χ0) is 25.3. The number of rotatable bonds is 6. The summed E-state index contributed by atoms with van der Waals surface area (Å²) in [5.74, 6) is 0.138. The Kier molecular flexibility index (Phi) is 7.17. The topological polar surface area (TPSA) is 111 Å². The quantitative estimate of drug-likeness (QED) is 0.657. The summed E-state index contributed by atoms with van der Waals surface area (Å²) in [5.41, 5.74) is 2.10. The number of aliphatic hydroxyl groups excluding tert-OH is 1. The molecule has 1 heterocycles. The molecule has 1 fully saturated rings. The van der Waals surface area contributed by atoms with Gasteiger partial charge in [0, 0.05) is 31.5 Å². The summed E-state index contributed by atoms with van der Waals surface area (Å²) in [6.07, 6.45) is 1.36. The lowest BCUT2D eigenvalue weighted by molar-refractivity contribution is -0.132.